The molecule has 0 aliphatic carbocycles. The highest BCUT2D eigenvalue weighted by Crippen LogP contribution is 2.22. The fourth-order valence-corrected chi connectivity index (χ4v) is 2.61. The van der Waals surface area contributed by atoms with Crippen LogP contribution in [0.1, 0.15) is 26.2 Å². The molecule has 0 amide bonds. The minimum absolute atomic E-state index is 0.724. The van der Waals surface area contributed by atoms with Crippen molar-refractivity contribution in [3.63, 3.8) is 0 Å². The summed E-state index contributed by atoms with van der Waals surface area (Å²) in [6, 6.07) is 9.36. The van der Waals surface area contributed by atoms with Crippen molar-refractivity contribution in [2.45, 2.75) is 32.2 Å². The summed E-state index contributed by atoms with van der Waals surface area (Å²) in [5.74, 6) is 0. The van der Waals surface area contributed by atoms with E-state index in [9.17, 15) is 0 Å². The summed E-state index contributed by atoms with van der Waals surface area (Å²) in [5.41, 5.74) is 1.35. The van der Waals surface area contributed by atoms with Gasteiger partial charge in [-0.25, -0.2) is 0 Å². The topological polar surface area (TPSA) is 15.3 Å². The van der Waals surface area contributed by atoms with E-state index in [0.29, 0.717) is 0 Å². The van der Waals surface area contributed by atoms with Crippen molar-refractivity contribution in [3.8, 4) is 0 Å². The second kappa shape index (κ2) is 6.41. The van der Waals surface area contributed by atoms with E-state index >= 15 is 0 Å². The summed E-state index contributed by atoms with van der Waals surface area (Å²) in [6.07, 6.45) is 3.75. The largest absolute Gasteiger partial charge is 0.371 e. The van der Waals surface area contributed by atoms with Gasteiger partial charge in [-0.15, -0.1) is 0 Å². The lowest BCUT2D eigenvalue weighted by Gasteiger charge is -2.34. The van der Waals surface area contributed by atoms with Crippen LogP contribution in [0.2, 0.25) is 0 Å². The average molecular weight is 297 g/mol. The van der Waals surface area contributed by atoms with E-state index < -0.39 is 0 Å². The van der Waals surface area contributed by atoms with Crippen molar-refractivity contribution in [2.24, 2.45) is 0 Å². The number of anilines is 1. The molecule has 0 radical (unpaired) electrons. The standard InChI is InChI=1S/C14H21BrN2/c1-2-9-16-13-7-10-17(11-8-13)14-5-3-12(15)4-6-14/h3-6,13,16H,2,7-11H2,1H3. The van der Waals surface area contributed by atoms with E-state index in [4.69, 9.17) is 0 Å². The third kappa shape index (κ3) is 3.71. The lowest BCUT2D eigenvalue weighted by Crippen LogP contribution is -2.42. The maximum Gasteiger partial charge on any atom is 0.0366 e. The Balaban J connectivity index is 1.84. The summed E-state index contributed by atoms with van der Waals surface area (Å²) >= 11 is 3.48. The van der Waals surface area contributed by atoms with Crippen LogP contribution in [-0.2, 0) is 0 Å². The second-order valence-corrected chi connectivity index (χ2v) is 5.61. The Labute approximate surface area is 113 Å². The van der Waals surface area contributed by atoms with E-state index in [1.165, 1.54) is 38.0 Å². The van der Waals surface area contributed by atoms with Crippen LogP contribution in [0.3, 0.4) is 0 Å². The number of hydrogen-bond donors (Lipinski definition) is 1. The Kier molecular flexibility index (Phi) is 4.86. The number of rotatable bonds is 4. The van der Waals surface area contributed by atoms with Gasteiger partial charge >= 0.3 is 0 Å². The van der Waals surface area contributed by atoms with Crippen LogP contribution in [0.25, 0.3) is 0 Å². The molecule has 0 bridgehead atoms. The van der Waals surface area contributed by atoms with E-state index in [1.54, 1.807) is 0 Å². The third-order valence-electron chi connectivity index (χ3n) is 3.37. The van der Waals surface area contributed by atoms with Crippen LogP contribution >= 0.6 is 15.9 Å². The molecule has 1 aromatic rings. The van der Waals surface area contributed by atoms with E-state index in [2.05, 4.69) is 57.3 Å². The maximum atomic E-state index is 3.62. The van der Waals surface area contributed by atoms with Gasteiger partial charge in [0.2, 0.25) is 0 Å². The van der Waals surface area contributed by atoms with Crippen molar-refractivity contribution in [1.29, 1.82) is 0 Å². The zero-order chi connectivity index (χ0) is 12.1. The fraction of sp³-hybridized carbons (Fsp3) is 0.571. The van der Waals surface area contributed by atoms with Gasteiger partial charge in [-0.05, 0) is 50.1 Å². The third-order valence-corrected chi connectivity index (χ3v) is 3.90. The molecule has 0 aromatic heterocycles. The Morgan fingerprint density at radius 2 is 1.88 bits per heavy atom. The second-order valence-electron chi connectivity index (χ2n) is 4.69. The molecule has 0 saturated carbocycles. The zero-order valence-electron chi connectivity index (χ0n) is 10.5. The van der Waals surface area contributed by atoms with Crippen LogP contribution in [-0.4, -0.2) is 25.7 Å². The number of nitrogens with zero attached hydrogens (tertiary/aromatic N) is 1. The van der Waals surface area contributed by atoms with Crippen molar-refractivity contribution < 1.29 is 0 Å². The molecule has 1 N–H and O–H groups in total. The Morgan fingerprint density at radius 1 is 1.24 bits per heavy atom. The molecule has 0 atom stereocenters. The van der Waals surface area contributed by atoms with Crippen LogP contribution < -0.4 is 10.2 Å². The first kappa shape index (κ1) is 12.9. The number of hydrogen-bond acceptors (Lipinski definition) is 2. The maximum absolute atomic E-state index is 3.62. The molecule has 1 heterocycles. The molecular formula is C14H21BrN2. The zero-order valence-corrected chi connectivity index (χ0v) is 12.0. The first-order valence-corrected chi connectivity index (χ1v) is 7.33. The SMILES string of the molecule is CCCNC1CCN(c2ccc(Br)cc2)CC1. The van der Waals surface area contributed by atoms with Crippen LogP contribution in [0, 0.1) is 0 Å². The van der Waals surface area contributed by atoms with E-state index in [0.717, 1.165) is 17.1 Å². The molecule has 0 unspecified atom stereocenters. The van der Waals surface area contributed by atoms with Gasteiger partial charge in [-0.2, -0.15) is 0 Å². The molecular weight excluding hydrogens is 276 g/mol. The highest BCUT2D eigenvalue weighted by molar-refractivity contribution is 9.10. The predicted octanol–water partition coefficient (Wildman–Crippen LogP) is 3.42. The Hall–Kier alpha value is -0.540. The van der Waals surface area contributed by atoms with Gasteiger partial charge in [0.25, 0.3) is 0 Å². The molecule has 1 aliphatic heterocycles. The normalized spacial score (nSPS) is 17.4. The average Bonchev–Trinajstić information content (AvgIpc) is 2.38. The van der Waals surface area contributed by atoms with Gasteiger partial charge in [-0.3, -0.25) is 0 Å². The molecule has 1 aliphatic rings. The molecule has 3 heteroatoms. The molecule has 17 heavy (non-hydrogen) atoms. The van der Waals surface area contributed by atoms with E-state index in [1.807, 2.05) is 0 Å². The highest BCUT2D eigenvalue weighted by Gasteiger charge is 2.18. The monoisotopic (exact) mass is 296 g/mol. The number of benzene rings is 1. The van der Waals surface area contributed by atoms with Gasteiger partial charge in [-0.1, -0.05) is 22.9 Å². The summed E-state index contributed by atoms with van der Waals surface area (Å²) in [7, 11) is 0. The Bertz CT molecular complexity index is 329. The fourth-order valence-electron chi connectivity index (χ4n) is 2.34. The number of halogens is 1. The number of piperidine rings is 1. The van der Waals surface area contributed by atoms with Crippen molar-refractivity contribution in [1.82, 2.24) is 5.32 Å². The van der Waals surface area contributed by atoms with Gasteiger partial charge in [0.15, 0.2) is 0 Å². The lowest BCUT2D eigenvalue weighted by molar-refractivity contribution is 0.416. The molecule has 1 saturated heterocycles. The van der Waals surface area contributed by atoms with Gasteiger partial charge in [0.05, 0.1) is 0 Å². The molecule has 1 aromatic carbocycles. The van der Waals surface area contributed by atoms with Crippen LogP contribution in [0.15, 0.2) is 28.7 Å². The van der Waals surface area contributed by atoms with Crippen molar-refractivity contribution >= 4 is 21.6 Å². The molecule has 2 nitrogen and oxygen atoms in total. The van der Waals surface area contributed by atoms with E-state index in [-0.39, 0.29) is 0 Å². The molecule has 0 spiro atoms. The summed E-state index contributed by atoms with van der Waals surface area (Å²) in [5, 5.41) is 3.62. The highest BCUT2D eigenvalue weighted by atomic mass is 79.9. The first-order chi connectivity index (χ1) is 8.29. The number of nitrogens with one attached hydrogen (secondary N) is 1. The minimum atomic E-state index is 0.724. The summed E-state index contributed by atoms with van der Waals surface area (Å²) < 4.78 is 1.15. The van der Waals surface area contributed by atoms with Gasteiger partial charge < -0.3 is 10.2 Å². The van der Waals surface area contributed by atoms with Gasteiger partial charge in [0, 0.05) is 29.3 Å². The van der Waals surface area contributed by atoms with Gasteiger partial charge in [0.1, 0.15) is 0 Å². The minimum Gasteiger partial charge on any atom is -0.371 e. The first-order valence-electron chi connectivity index (χ1n) is 6.53. The predicted molar refractivity (Wildman–Crippen MR) is 77.7 cm³/mol. The smallest absolute Gasteiger partial charge is 0.0366 e. The van der Waals surface area contributed by atoms with Crippen molar-refractivity contribution in [3.05, 3.63) is 28.7 Å². The van der Waals surface area contributed by atoms with Crippen LogP contribution in [0.5, 0.6) is 0 Å². The molecule has 1 fully saturated rings. The quantitative estimate of drug-likeness (QED) is 0.916. The molecule has 2 rings (SSSR count). The lowest BCUT2D eigenvalue weighted by atomic mass is 10.0. The molecule has 94 valence electrons. The van der Waals surface area contributed by atoms with Crippen LogP contribution in [0.4, 0.5) is 5.69 Å². The Morgan fingerprint density at radius 3 is 2.47 bits per heavy atom. The van der Waals surface area contributed by atoms with Crippen molar-refractivity contribution in [2.75, 3.05) is 24.5 Å². The summed E-state index contributed by atoms with van der Waals surface area (Å²) in [6.45, 7) is 5.72. The summed E-state index contributed by atoms with van der Waals surface area (Å²) in [4.78, 5) is 2.48.